The summed E-state index contributed by atoms with van der Waals surface area (Å²) in [6.45, 7) is 9.62. The van der Waals surface area contributed by atoms with Gasteiger partial charge in [-0.25, -0.2) is 0 Å². The molecule has 2 unspecified atom stereocenters. The number of nitrogens with zero attached hydrogens (tertiary/aromatic N) is 2. The highest BCUT2D eigenvalue weighted by Crippen LogP contribution is 2.23. The van der Waals surface area contributed by atoms with Crippen LogP contribution in [0.2, 0.25) is 0 Å². The van der Waals surface area contributed by atoms with Crippen LogP contribution in [-0.4, -0.2) is 54.6 Å². The lowest BCUT2D eigenvalue weighted by molar-refractivity contribution is -0.131. The Hall–Kier alpha value is -0.610. The summed E-state index contributed by atoms with van der Waals surface area (Å²) in [4.78, 5) is 16.7. The first-order valence-corrected chi connectivity index (χ1v) is 7.24. The van der Waals surface area contributed by atoms with E-state index in [4.69, 9.17) is 0 Å². The molecule has 0 aromatic rings. The third-order valence-electron chi connectivity index (χ3n) is 4.33. The molecule has 1 amide bonds. The summed E-state index contributed by atoms with van der Waals surface area (Å²) in [6, 6.07) is -0.0105. The summed E-state index contributed by atoms with van der Waals surface area (Å²) in [5.41, 5.74) is 0. The van der Waals surface area contributed by atoms with Crippen LogP contribution in [0.25, 0.3) is 0 Å². The number of carbonyl (C=O) groups is 1. The minimum atomic E-state index is -0.0105. The lowest BCUT2D eigenvalue weighted by Crippen LogP contribution is -2.45. The molecule has 104 valence electrons. The molecule has 1 N–H and O–H groups in total. The zero-order chi connectivity index (χ0) is 13.3. The minimum Gasteiger partial charge on any atom is -0.325 e. The number of piperidine rings is 1. The molecule has 2 fully saturated rings. The zero-order valence-corrected chi connectivity index (χ0v) is 12.1. The number of rotatable bonds is 3. The maximum atomic E-state index is 12.2. The molecular formula is C14H27N3O. The van der Waals surface area contributed by atoms with Gasteiger partial charge in [-0.05, 0) is 51.7 Å². The number of carbonyl (C=O) groups excluding carboxylic acids is 1. The average molecular weight is 253 g/mol. The summed E-state index contributed by atoms with van der Waals surface area (Å²) >= 11 is 0. The van der Waals surface area contributed by atoms with Crippen LogP contribution < -0.4 is 5.32 Å². The highest BCUT2D eigenvalue weighted by Gasteiger charge is 2.38. The van der Waals surface area contributed by atoms with Gasteiger partial charge in [0, 0.05) is 6.54 Å². The van der Waals surface area contributed by atoms with E-state index in [0.717, 1.165) is 6.54 Å². The van der Waals surface area contributed by atoms with E-state index in [1.165, 1.54) is 25.9 Å². The maximum absolute atomic E-state index is 12.2. The topological polar surface area (TPSA) is 35.6 Å². The van der Waals surface area contributed by atoms with Gasteiger partial charge in [-0.1, -0.05) is 13.8 Å². The van der Waals surface area contributed by atoms with Crippen molar-refractivity contribution in [1.29, 1.82) is 0 Å². The van der Waals surface area contributed by atoms with E-state index in [-0.39, 0.29) is 18.1 Å². The average Bonchev–Trinajstić information content (AvgIpc) is 2.60. The normalized spacial score (nSPS) is 31.6. The molecule has 2 aliphatic rings. The Bertz CT molecular complexity index is 297. The molecular weight excluding hydrogens is 226 g/mol. The van der Waals surface area contributed by atoms with Gasteiger partial charge in [0.15, 0.2) is 0 Å². The second kappa shape index (κ2) is 5.57. The number of hydrogen-bond acceptors (Lipinski definition) is 3. The second-order valence-electron chi connectivity index (χ2n) is 6.31. The van der Waals surface area contributed by atoms with E-state index in [0.29, 0.717) is 11.8 Å². The third-order valence-corrected chi connectivity index (χ3v) is 4.33. The molecule has 18 heavy (non-hydrogen) atoms. The van der Waals surface area contributed by atoms with E-state index >= 15 is 0 Å². The van der Waals surface area contributed by atoms with Crippen LogP contribution >= 0.6 is 0 Å². The molecule has 2 aliphatic heterocycles. The molecule has 0 saturated carbocycles. The van der Waals surface area contributed by atoms with Crippen LogP contribution in [0.1, 0.15) is 33.6 Å². The molecule has 2 saturated heterocycles. The molecule has 2 atom stereocenters. The van der Waals surface area contributed by atoms with Crippen molar-refractivity contribution in [3.63, 3.8) is 0 Å². The summed E-state index contributed by atoms with van der Waals surface area (Å²) in [5, 5.41) is 3.42. The van der Waals surface area contributed by atoms with Crippen molar-refractivity contribution in [3.8, 4) is 0 Å². The van der Waals surface area contributed by atoms with Crippen LogP contribution in [0.3, 0.4) is 0 Å². The highest BCUT2D eigenvalue weighted by molar-refractivity contribution is 5.83. The molecule has 4 heteroatoms. The number of hydrogen-bond donors (Lipinski definition) is 1. The van der Waals surface area contributed by atoms with Gasteiger partial charge >= 0.3 is 0 Å². The van der Waals surface area contributed by atoms with Crippen LogP contribution in [0.5, 0.6) is 0 Å². The zero-order valence-electron chi connectivity index (χ0n) is 12.1. The van der Waals surface area contributed by atoms with E-state index < -0.39 is 0 Å². The Balaban J connectivity index is 1.95. The molecule has 0 aromatic heterocycles. The van der Waals surface area contributed by atoms with Crippen molar-refractivity contribution < 1.29 is 4.79 Å². The fraction of sp³-hybridized carbons (Fsp3) is 0.929. The number of nitrogens with one attached hydrogen (secondary N) is 1. The molecule has 0 spiro atoms. The Morgan fingerprint density at radius 1 is 1.33 bits per heavy atom. The molecule has 2 rings (SSSR count). The SMILES string of the molecule is CC1NC(C(C)C)N(CC2CCN(C)CC2)C1=O. The Morgan fingerprint density at radius 2 is 1.94 bits per heavy atom. The molecule has 0 bridgehead atoms. The largest absolute Gasteiger partial charge is 0.325 e. The minimum absolute atomic E-state index is 0.0105. The van der Waals surface area contributed by atoms with Gasteiger partial charge in [-0.15, -0.1) is 0 Å². The van der Waals surface area contributed by atoms with Crippen LogP contribution in [0.4, 0.5) is 0 Å². The Morgan fingerprint density at radius 3 is 2.50 bits per heavy atom. The molecule has 0 aliphatic carbocycles. The maximum Gasteiger partial charge on any atom is 0.240 e. The van der Waals surface area contributed by atoms with Crippen LogP contribution in [0, 0.1) is 11.8 Å². The van der Waals surface area contributed by atoms with Gasteiger partial charge in [-0.3, -0.25) is 10.1 Å². The Kier molecular flexibility index (Phi) is 4.28. The predicted molar refractivity (Wildman–Crippen MR) is 73.2 cm³/mol. The van der Waals surface area contributed by atoms with Crippen molar-refractivity contribution in [2.24, 2.45) is 11.8 Å². The van der Waals surface area contributed by atoms with E-state index in [9.17, 15) is 4.79 Å². The van der Waals surface area contributed by atoms with Gasteiger partial charge in [0.1, 0.15) is 0 Å². The van der Waals surface area contributed by atoms with Gasteiger partial charge in [0.25, 0.3) is 0 Å². The number of likely N-dealkylation sites (tertiary alicyclic amines) is 1. The lowest BCUT2D eigenvalue weighted by atomic mass is 9.96. The quantitative estimate of drug-likeness (QED) is 0.819. The van der Waals surface area contributed by atoms with Crippen LogP contribution in [-0.2, 0) is 4.79 Å². The first-order valence-electron chi connectivity index (χ1n) is 7.24. The standard InChI is InChI=1S/C14H27N3O/c1-10(2)13-15-11(3)14(18)17(13)9-12-5-7-16(4)8-6-12/h10-13,15H,5-9H2,1-4H3. The molecule has 0 radical (unpaired) electrons. The van der Waals surface area contributed by atoms with Crippen molar-refractivity contribution >= 4 is 5.91 Å². The van der Waals surface area contributed by atoms with E-state index in [1.807, 2.05) is 6.92 Å². The number of amides is 1. The summed E-state index contributed by atoms with van der Waals surface area (Å²) in [7, 11) is 2.18. The van der Waals surface area contributed by atoms with Crippen molar-refractivity contribution in [1.82, 2.24) is 15.1 Å². The Labute approximate surface area is 111 Å². The third kappa shape index (κ3) is 2.86. The lowest BCUT2D eigenvalue weighted by Gasteiger charge is -2.34. The smallest absolute Gasteiger partial charge is 0.240 e. The monoisotopic (exact) mass is 253 g/mol. The van der Waals surface area contributed by atoms with Crippen molar-refractivity contribution in [3.05, 3.63) is 0 Å². The van der Waals surface area contributed by atoms with E-state index in [2.05, 4.69) is 36.0 Å². The fourth-order valence-electron chi connectivity index (χ4n) is 3.08. The van der Waals surface area contributed by atoms with Gasteiger partial charge < -0.3 is 9.80 Å². The summed E-state index contributed by atoms with van der Waals surface area (Å²) in [6.07, 6.45) is 2.67. The first kappa shape index (κ1) is 13.8. The van der Waals surface area contributed by atoms with Gasteiger partial charge in [0.05, 0.1) is 12.2 Å². The molecule has 0 aromatic carbocycles. The second-order valence-corrected chi connectivity index (χ2v) is 6.31. The molecule has 4 nitrogen and oxygen atoms in total. The van der Waals surface area contributed by atoms with Crippen molar-refractivity contribution in [2.75, 3.05) is 26.7 Å². The van der Waals surface area contributed by atoms with Gasteiger partial charge in [0.2, 0.25) is 5.91 Å². The predicted octanol–water partition coefficient (Wildman–Crippen LogP) is 1.13. The summed E-state index contributed by atoms with van der Waals surface area (Å²) in [5.74, 6) is 1.44. The van der Waals surface area contributed by atoms with Crippen molar-refractivity contribution in [2.45, 2.75) is 45.8 Å². The van der Waals surface area contributed by atoms with Crippen LogP contribution in [0.15, 0.2) is 0 Å². The van der Waals surface area contributed by atoms with Gasteiger partial charge in [-0.2, -0.15) is 0 Å². The highest BCUT2D eigenvalue weighted by atomic mass is 16.2. The van der Waals surface area contributed by atoms with E-state index in [1.54, 1.807) is 0 Å². The fourth-order valence-corrected chi connectivity index (χ4v) is 3.08. The summed E-state index contributed by atoms with van der Waals surface area (Å²) < 4.78 is 0. The first-order chi connectivity index (χ1) is 8.49. The molecule has 2 heterocycles.